The molecule has 1 aromatic rings. The molecule has 0 aliphatic carbocycles. The average Bonchev–Trinajstić information content (AvgIpc) is 2.86. The van der Waals surface area contributed by atoms with Crippen LogP contribution in [0.4, 0.5) is 0 Å². The van der Waals surface area contributed by atoms with Crippen LogP contribution >= 0.6 is 0 Å². The van der Waals surface area contributed by atoms with Gasteiger partial charge in [0.25, 0.3) is 5.91 Å². The maximum Gasteiger partial charge on any atom is 0.273 e. The molecule has 6 heteroatoms. The molecule has 1 saturated heterocycles. The van der Waals surface area contributed by atoms with E-state index in [9.17, 15) is 4.79 Å². The van der Waals surface area contributed by atoms with Gasteiger partial charge < -0.3 is 9.80 Å². The Labute approximate surface area is 108 Å². The number of rotatable bonds is 3. The van der Waals surface area contributed by atoms with Gasteiger partial charge in [-0.05, 0) is 33.9 Å². The standard InChI is InChI=1S/C12H21N5O/c1-4-17-11(8-13-14-17)12(18)16-7-5-6-10(9-16)15(2)3/h8,10H,4-7,9H2,1-3H3. The highest BCUT2D eigenvalue weighted by molar-refractivity contribution is 5.92. The van der Waals surface area contributed by atoms with Crippen LogP contribution in [-0.2, 0) is 6.54 Å². The number of aromatic nitrogens is 3. The average molecular weight is 251 g/mol. The van der Waals surface area contributed by atoms with Gasteiger partial charge in [0.1, 0.15) is 5.69 Å². The number of hydrogen-bond acceptors (Lipinski definition) is 4. The number of likely N-dealkylation sites (N-methyl/N-ethyl adjacent to an activating group) is 1. The highest BCUT2D eigenvalue weighted by atomic mass is 16.2. The van der Waals surface area contributed by atoms with Crippen molar-refractivity contribution in [1.29, 1.82) is 0 Å². The Balaban J connectivity index is 2.09. The van der Waals surface area contributed by atoms with E-state index in [-0.39, 0.29) is 5.91 Å². The molecule has 100 valence electrons. The molecule has 1 unspecified atom stereocenters. The predicted molar refractivity (Wildman–Crippen MR) is 68.3 cm³/mol. The Morgan fingerprint density at radius 2 is 2.33 bits per heavy atom. The van der Waals surface area contributed by atoms with Crippen LogP contribution in [0.25, 0.3) is 0 Å². The summed E-state index contributed by atoms with van der Waals surface area (Å²) in [6.07, 6.45) is 3.77. The fourth-order valence-electron chi connectivity index (χ4n) is 2.38. The predicted octanol–water partition coefficient (Wildman–Crippen LogP) is 0.464. The van der Waals surface area contributed by atoms with Crippen molar-refractivity contribution in [3.05, 3.63) is 11.9 Å². The van der Waals surface area contributed by atoms with E-state index in [0.29, 0.717) is 18.3 Å². The van der Waals surface area contributed by atoms with Gasteiger partial charge in [-0.1, -0.05) is 5.21 Å². The van der Waals surface area contributed by atoms with Crippen molar-refractivity contribution < 1.29 is 4.79 Å². The summed E-state index contributed by atoms with van der Waals surface area (Å²) in [5.74, 6) is 0.0494. The normalized spacial score (nSPS) is 20.4. The third-order valence-electron chi connectivity index (χ3n) is 3.55. The topological polar surface area (TPSA) is 54.3 Å². The molecule has 1 amide bonds. The summed E-state index contributed by atoms with van der Waals surface area (Å²) in [5, 5.41) is 7.73. The number of aryl methyl sites for hydroxylation is 1. The molecule has 0 saturated carbocycles. The Kier molecular flexibility index (Phi) is 3.96. The summed E-state index contributed by atoms with van der Waals surface area (Å²) in [5.41, 5.74) is 0.594. The summed E-state index contributed by atoms with van der Waals surface area (Å²) in [6, 6.07) is 0.452. The van der Waals surface area contributed by atoms with Gasteiger partial charge in [0.05, 0.1) is 6.20 Å². The first-order valence-electron chi connectivity index (χ1n) is 6.47. The smallest absolute Gasteiger partial charge is 0.273 e. The molecular weight excluding hydrogens is 230 g/mol. The van der Waals surface area contributed by atoms with E-state index in [1.807, 2.05) is 11.8 Å². The third kappa shape index (κ3) is 2.53. The van der Waals surface area contributed by atoms with Crippen molar-refractivity contribution in [2.45, 2.75) is 32.4 Å². The molecule has 0 radical (unpaired) electrons. The van der Waals surface area contributed by atoms with Crippen LogP contribution < -0.4 is 0 Å². The molecule has 0 aromatic carbocycles. The number of amides is 1. The van der Waals surface area contributed by atoms with Crippen LogP contribution in [0.1, 0.15) is 30.3 Å². The van der Waals surface area contributed by atoms with Gasteiger partial charge in [-0.25, -0.2) is 4.68 Å². The lowest BCUT2D eigenvalue weighted by Gasteiger charge is -2.36. The van der Waals surface area contributed by atoms with Gasteiger partial charge in [-0.2, -0.15) is 0 Å². The minimum atomic E-state index is 0.0494. The number of nitrogens with zero attached hydrogens (tertiary/aromatic N) is 5. The summed E-state index contributed by atoms with van der Waals surface area (Å²) in [4.78, 5) is 16.5. The quantitative estimate of drug-likeness (QED) is 0.783. The van der Waals surface area contributed by atoms with E-state index in [0.717, 1.165) is 25.9 Å². The first-order valence-corrected chi connectivity index (χ1v) is 6.47. The second-order valence-electron chi connectivity index (χ2n) is 4.95. The molecule has 2 rings (SSSR count). The van der Waals surface area contributed by atoms with Crippen molar-refractivity contribution in [3.63, 3.8) is 0 Å². The lowest BCUT2D eigenvalue weighted by atomic mass is 10.0. The van der Waals surface area contributed by atoms with Crippen molar-refractivity contribution in [1.82, 2.24) is 24.8 Å². The van der Waals surface area contributed by atoms with Crippen LogP contribution in [0.5, 0.6) is 0 Å². The Bertz CT molecular complexity index is 414. The maximum absolute atomic E-state index is 12.4. The number of carbonyl (C=O) groups excluding carboxylic acids is 1. The molecule has 2 heterocycles. The van der Waals surface area contributed by atoms with E-state index in [4.69, 9.17) is 0 Å². The fourth-order valence-corrected chi connectivity index (χ4v) is 2.38. The second-order valence-corrected chi connectivity index (χ2v) is 4.95. The van der Waals surface area contributed by atoms with Crippen LogP contribution in [-0.4, -0.2) is 63.9 Å². The van der Waals surface area contributed by atoms with Gasteiger partial charge in [-0.15, -0.1) is 5.10 Å². The van der Waals surface area contributed by atoms with Crippen LogP contribution in [0, 0.1) is 0 Å². The number of piperidine rings is 1. The zero-order valence-corrected chi connectivity index (χ0v) is 11.3. The number of likely N-dealkylation sites (tertiary alicyclic amines) is 1. The van der Waals surface area contributed by atoms with Gasteiger partial charge in [-0.3, -0.25) is 4.79 Å². The van der Waals surface area contributed by atoms with E-state index >= 15 is 0 Å². The van der Waals surface area contributed by atoms with Gasteiger partial charge in [0.15, 0.2) is 0 Å². The zero-order chi connectivity index (χ0) is 13.1. The minimum absolute atomic E-state index is 0.0494. The zero-order valence-electron chi connectivity index (χ0n) is 11.3. The van der Waals surface area contributed by atoms with Gasteiger partial charge in [0.2, 0.25) is 0 Å². The number of hydrogen-bond donors (Lipinski definition) is 0. The Hall–Kier alpha value is -1.43. The highest BCUT2D eigenvalue weighted by Crippen LogP contribution is 2.16. The molecule has 6 nitrogen and oxygen atoms in total. The molecule has 1 aliphatic rings. The van der Waals surface area contributed by atoms with Crippen LogP contribution in [0.2, 0.25) is 0 Å². The van der Waals surface area contributed by atoms with Gasteiger partial charge >= 0.3 is 0 Å². The minimum Gasteiger partial charge on any atom is -0.336 e. The van der Waals surface area contributed by atoms with E-state index < -0.39 is 0 Å². The van der Waals surface area contributed by atoms with Crippen molar-refractivity contribution in [2.75, 3.05) is 27.2 Å². The molecule has 1 atom stereocenters. The van der Waals surface area contributed by atoms with Crippen molar-refractivity contribution in [2.24, 2.45) is 0 Å². The van der Waals surface area contributed by atoms with Crippen molar-refractivity contribution >= 4 is 5.91 Å². The highest BCUT2D eigenvalue weighted by Gasteiger charge is 2.27. The monoisotopic (exact) mass is 251 g/mol. The fraction of sp³-hybridized carbons (Fsp3) is 0.750. The van der Waals surface area contributed by atoms with E-state index in [2.05, 4.69) is 29.3 Å². The summed E-state index contributed by atoms with van der Waals surface area (Å²) in [7, 11) is 4.13. The third-order valence-corrected chi connectivity index (χ3v) is 3.55. The summed E-state index contributed by atoms with van der Waals surface area (Å²) >= 11 is 0. The molecule has 0 bridgehead atoms. The van der Waals surface area contributed by atoms with Crippen LogP contribution in [0.15, 0.2) is 6.20 Å². The molecule has 0 spiro atoms. The first-order chi connectivity index (χ1) is 8.63. The molecule has 0 N–H and O–H groups in total. The molecule has 18 heavy (non-hydrogen) atoms. The number of carbonyl (C=O) groups is 1. The largest absolute Gasteiger partial charge is 0.336 e. The lowest BCUT2D eigenvalue weighted by molar-refractivity contribution is 0.0623. The van der Waals surface area contributed by atoms with Crippen LogP contribution in [0.3, 0.4) is 0 Å². The Morgan fingerprint density at radius 3 is 3.00 bits per heavy atom. The summed E-state index contributed by atoms with van der Waals surface area (Å²) in [6.45, 7) is 4.26. The first kappa shape index (κ1) is 13.0. The second kappa shape index (κ2) is 5.48. The van der Waals surface area contributed by atoms with Gasteiger partial charge in [0, 0.05) is 25.7 Å². The molecule has 1 aliphatic heterocycles. The molecule has 1 aromatic heterocycles. The summed E-state index contributed by atoms with van der Waals surface area (Å²) < 4.78 is 1.65. The van der Waals surface area contributed by atoms with Crippen molar-refractivity contribution in [3.8, 4) is 0 Å². The maximum atomic E-state index is 12.4. The van der Waals surface area contributed by atoms with E-state index in [1.165, 1.54) is 0 Å². The van der Waals surface area contributed by atoms with E-state index in [1.54, 1.807) is 10.9 Å². The SMILES string of the molecule is CCn1nncc1C(=O)N1CCCC(N(C)C)C1. The Morgan fingerprint density at radius 1 is 1.56 bits per heavy atom. The molecule has 1 fully saturated rings. The molecular formula is C12H21N5O. The lowest BCUT2D eigenvalue weighted by Crippen LogP contribution is -2.47.